The maximum absolute atomic E-state index is 13.1. The van der Waals surface area contributed by atoms with E-state index >= 15 is 0 Å². The van der Waals surface area contributed by atoms with Gasteiger partial charge in [0.2, 0.25) is 0 Å². The third kappa shape index (κ3) is 3.88. The number of aromatic amines is 2. The molecule has 0 aliphatic heterocycles. The maximum atomic E-state index is 13.1. The number of carbonyl (C=O) groups is 1. The van der Waals surface area contributed by atoms with Gasteiger partial charge < -0.3 is 20.0 Å². The number of aromatic nitrogens is 3. The lowest BCUT2D eigenvalue weighted by molar-refractivity contribution is 0.0930. The van der Waals surface area contributed by atoms with Crippen molar-refractivity contribution in [2.45, 2.75) is 12.5 Å². The zero-order valence-corrected chi connectivity index (χ0v) is 17.1. The molecule has 3 N–H and O–H groups in total. The average Bonchev–Trinajstić information content (AvgIpc) is 3.43. The minimum atomic E-state index is -0.303. The number of carbonyl (C=O) groups excluding carboxylic acids is 1. The summed E-state index contributed by atoms with van der Waals surface area (Å²) in [4.78, 5) is 24.4. The van der Waals surface area contributed by atoms with Crippen LogP contribution in [0.25, 0.3) is 21.9 Å². The molecule has 0 aliphatic rings. The van der Waals surface area contributed by atoms with Crippen molar-refractivity contribution in [2.75, 3.05) is 7.11 Å². The van der Waals surface area contributed by atoms with E-state index in [0.717, 1.165) is 39.1 Å². The van der Waals surface area contributed by atoms with Crippen LogP contribution in [0.2, 0.25) is 0 Å². The molecule has 154 valence electrons. The van der Waals surface area contributed by atoms with Crippen LogP contribution in [0.3, 0.4) is 0 Å². The van der Waals surface area contributed by atoms with E-state index in [1.807, 2.05) is 66.7 Å². The van der Waals surface area contributed by atoms with Gasteiger partial charge in [0.15, 0.2) is 0 Å². The number of hydrogen-bond acceptors (Lipinski definition) is 3. The summed E-state index contributed by atoms with van der Waals surface area (Å²) < 4.78 is 5.28. The van der Waals surface area contributed by atoms with Crippen LogP contribution in [0.4, 0.5) is 0 Å². The zero-order valence-electron chi connectivity index (χ0n) is 17.1. The van der Waals surface area contributed by atoms with E-state index in [0.29, 0.717) is 12.1 Å². The van der Waals surface area contributed by atoms with Crippen LogP contribution in [0.15, 0.2) is 78.9 Å². The molecule has 5 aromatic rings. The monoisotopic (exact) mass is 410 g/mol. The number of imidazole rings is 1. The second-order valence-corrected chi connectivity index (χ2v) is 7.49. The van der Waals surface area contributed by atoms with Gasteiger partial charge in [-0.05, 0) is 42.3 Å². The van der Waals surface area contributed by atoms with Gasteiger partial charge in [-0.25, -0.2) is 4.98 Å². The molecule has 0 bridgehead atoms. The Bertz CT molecular complexity index is 1320. The molecule has 2 heterocycles. The molecule has 1 atom stereocenters. The molecular weight excluding hydrogens is 388 g/mol. The van der Waals surface area contributed by atoms with Crippen molar-refractivity contribution in [3.63, 3.8) is 0 Å². The molecule has 5 rings (SSSR count). The second-order valence-electron chi connectivity index (χ2n) is 7.49. The fourth-order valence-electron chi connectivity index (χ4n) is 3.79. The van der Waals surface area contributed by atoms with Gasteiger partial charge in [-0.3, -0.25) is 4.79 Å². The number of hydrogen-bond donors (Lipinski definition) is 3. The fraction of sp³-hybridized carbons (Fsp3) is 0.120. The number of benzene rings is 3. The number of rotatable bonds is 6. The first-order chi connectivity index (χ1) is 15.2. The van der Waals surface area contributed by atoms with Gasteiger partial charge in [0, 0.05) is 17.0 Å². The summed E-state index contributed by atoms with van der Waals surface area (Å²) in [7, 11) is 1.62. The minimum Gasteiger partial charge on any atom is -0.497 e. The van der Waals surface area contributed by atoms with Crippen LogP contribution < -0.4 is 10.1 Å². The van der Waals surface area contributed by atoms with E-state index < -0.39 is 0 Å². The number of methoxy groups -OCH3 is 1. The van der Waals surface area contributed by atoms with Crippen molar-refractivity contribution in [3.05, 3.63) is 95.9 Å². The third-order valence-electron chi connectivity index (χ3n) is 5.40. The summed E-state index contributed by atoms with van der Waals surface area (Å²) in [6, 6.07) is 25.2. The van der Waals surface area contributed by atoms with Gasteiger partial charge in [0.25, 0.3) is 5.91 Å². The van der Waals surface area contributed by atoms with E-state index in [1.165, 1.54) is 0 Å². The zero-order chi connectivity index (χ0) is 21.2. The quantitative estimate of drug-likeness (QED) is 0.377. The Kier molecular flexibility index (Phi) is 4.88. The van der Waals surface area contributed by atoms with Gasteiger partial charge in [-0.15, -0.1) is 0 Å². The highest BCUT2D eigenvalue weighted by Crippen LogP contribution is 2.23. The summed E-state index contributed by atoms with van der Waals surface area (Å²) in [5.41, 5.74) is 4.30. The van der Waals surface area contributed by atoms with Crippen molar-refractivity contribution >= 4 is 27.8 Å². The lowest BCUT2D eigenvalue weighted by Crippen LogP contribution is -2.31. The molecule has 0 fully saturated rings. The normalized spacial score (nSPS) is 12.2. The average molecular weight is 410 g/mol. The molecule has 1 amide bonds. The number of nitrogens with zero attached hydrogens (tertiary/aromatic N) is 1. The number of H-pyrrole nitrogens is 2. The summed E-state index contributed by atoms with van der Waals surface area (Å²) in [6.07, 6.45) is 0.625. The molecule has 0 aliphatic carbocycles. The molecule has 3 aromatic carbocycles. The molecule has 6 nitrogen and oxygen atoms in total. The SMILES string of the molecule is COc1ccc2cc(C(=O)NC(Cc3ccccc3)c3nc4ccccc4[nH]3)[nH]c2c1. The highest BCUT2D eigenvalue weighted by atomic mass is 16.5. The first-order valence-corrected chi connectivity index (χ1v) is 10.2. The summed E-state index contributed by atoms with van der Waals surface area (Å²) in [5.74, 6) is 1.29. The maximum Gasteiger partial charge on any atom is 0.268 e. The Balaban J connectivity index is 1.46. The van der Waals surface area contributed by atoms with Gasteiger partial charge in [0.05, 0.1) is 24.2 Å². The standard InChI is InChI=1S/C25H22N4O2/c1-31-18-12-11-17-14-23(26-21(17)15-18)25(30)29-22(13-16-7-3-2-4-8-16)24-27-19-9-5-6-10-20(19)28-24/h2-12,14-15,22,26H,13H2,1H3,(H,27,28)(H,29,30). The minimum absolute atomic E-state index is 0.184. The van der Waals surface area contributed by atoms with Crippen molar-refractivity contribution in [2.24, 2.45) is 0 Å². The molecule has 31 heavy (non-hydrogen) atoms. The van der Waals surface area contributed by atoms with Crippen molar-refractivity contribution in [3.8, 4) is 5.75 Å². The molecule has 0 spiro atoms. The van der Waals surface area contributed by atoms with Crippen molar-refractivity contribution < 1.29 is 9.53 Å². The smallest absolute Gasteiger partial charge is 0.268 e. The Morgan fingerprint density at radius 1 is 0.968 bits per heavy atom. The first-order valence-electron chi connectivity index (χ1n) is 10.2. The number of ether oxygens (including phenoxy) is 1. The summed E-state index contributed by atoms with van der Waals surface area (Å²) in [6.45, 7) is 0. The Hall–Kier alpha value is -4.06. The van der Waals surface area contributed by atoms with Gasteiger partial charge in [-0.1, -0.05) is 42.5 Å². The third-order valence-corrected chi connectivity index (χ3v) is 5.40. The topological polar surface area (TPSA) is 82.8 Å². The highest BCUT2D eigenvalue weighted by Gasteiger charge is 2.21. The molecular formula is C25H22N4O2. The highest BCUT2D eigenvalue weighted by molar-refractivity contribution is 5.98. The van der Waals surface area contributed by atoms with Crippen LogP contribution >= 0.6 is 0 Å². The Morgan fingerprint density at radius 3 is 2.58 bits per heavy atom. The van der Waals surface area contributed by atoms with Crippen LogP contribution in [0.1, 0.15) is 27.9 Å². The predicted octanol–water partition coefficient (Wildman–Crippen LogP) is 4.77. The molecule has 0 saturated heterocycles. The second kappa shape index (κ2) is 7.99. The van der Waals surface area contributed by atoms with Gasteiger partial charge in [-0.2, -0.15) is 0 Å². The van der Waals surface area contributed by atoms with Gasteiger partial charge in [0.1, 0.15) is 17.3 Å². The van der Waals surface area contributed by atoms with E-state index in [-0.39, 0.29) is 11.9 Å². The van der Waals surface area contributed by atoms with Crippen molar-refractivity contribution in [1.29, 1.82) is 0 Å². The first kappa shape index (κ1) is 18.9. The van der Waals surface area contributed by atoms with Gasteiger partial charge >= 0.3 is 0 Å². The Labute approximate surface area is 179 Å². The molecule has 1 unspecified atom stereocenters. The Morgan fingerprint density at radius 2 is 1.77 bits per heavy atom. The van der Waals surface area contributed by atoms with E-state index in [1.54, 1.807) is 7.11 Å². The largest absolute Gasteiger partial charge is 0.497 e. The number of nitrogens with one attached hydrogen (secondary N) is 3. The lowest BCUT2D eigenvalue weighted by Gasteiger charge is -2.16. The predicted molar refractivity (Wildman–Crippen MR) is 121 cm³/mol. The van der Waals surface area contributed by atoms with E-state index in [2.05, 4.69) is 27.4 Å². The van der Waals surface area contributed by atoms with Crippen molar-refractivity contribution in [1.82, 2.24) is 20.3 Å². The van der Waals surface area contributed by atoms with Crippen LogP contribution in [0.5, 0.6) is 5.75 Å². The number of para-hydroxylation sites is 2. The molecule has 0 radical (unpaired) electrons. The van der Waals surface area contributed by atoms with E-state index in [4.69, 9.17) is 9.72 Å². The summed E-state index contributed by atoms with van der Waals surface area (Å²) >= 11 is 0. The van der Waals surface area contributed by atoms with Crippen LogP contribution in [-0.2, 0) is 6.42 Å². The number of amides is 1. The fourth-order valence-corrected chi connectivity index (χ4v) is 3.79. The molecule has 0 saturated carbocycles. The van der Waals surface area contributed by atoms with Crippen LogP contribution in [-0.4, -0.2) is 28.0 Å². The lowest BCUT2D eigenvalue weighted by atomic mass is 10.1. The molecule has 2 aromatic heterocycles. The summed E-state index contributed by atoms with van der Waals surface area (Å²) in [5, 5.41) is 4.11. The van der Waals surface area contributed by atoms with Crippen LogP contribution in [0, 0.1) is 0 Å². The molecule has 6 heteroatoms. The van der Waals surface area contributed by atoms with E-state index in [9.17, 15) is 4.79 Å². The number of fused-ring (bicyclic) bond motifs is 2.